The number of hydrogen-bond donors (Lipinski definition) is 2. The summed E-state index contributed by atoms with van der Waals surface area (Å²) in [5.74, 6) is -1.06. The van der Waals surface area contributed by atoms with Crippen LogP contribution in [0.15, 0.2) is 107 Å². The quantitative estimate of drug-likeness (QED) is 0.167. The summed E-state index contributed by atoms with van der Waals surface area (Å²) < 4.78 is 69.1. The maximum atomic E-state index is 12.9. The number of fused-ring (bicyclic) bond motifs is 2. The molecule has 10 nitrogen and oxygen atoms in total. The van der Waals surface area contributed by atoms with Gasteiger partial charge in [0.05, 0.1) is 9.79 Å². The number of carbonyl (C=O) groups excluding carboxylic acids is 2. The molecule has 0 fully saturated rings. The van der Waals surface area contributed by atoms with Crippen molar-refractivity contribution in [3.63, 3.8) is 0 Å². The summed E-state index contributed by atoms with van der Waals surface area (Å²) in [6.45, 7) is 0. The molecule has 2 N–H and O–H groups in total. The predicted molar refractivity (Wildman–Crippen MR) is 146 cm³/mol. The minimum Gasteiger partial charge on any atom is -0.744 e. The molecule has 42 heavy (non-hydrogen) atoms. The number of rotatable bonds is 6. The van der Waals surface area contributed by atoms with Gasteiger partial charge in [-0.05, 0) is 76.1 Å². The van der Waals surface area contributed by atoms with Crippen LogP contribution in [0.4, 0.5) is 11.4 Å². The molecule has 0 unspecified atom stereocenters. The normalized spacial score (nSPS) is 11.3. The van der Waals surface area contributed by atoms with Crippen LogP contribution in [0.1, 0.15) is 20.7 Å². The first kappa shape index (κ1) is 33.9. The van der Waals surface area contributed by atoms with Crippen LogP contribution >= 0.6 is 0 Å². The van der Waals surface area contributed by atoms with Gasteiger partial charge in [-0.1, -0.05) is 42.5 Å². The molecule has 0 aromatic heterocycles. The fraction of sp³-hybridized carbons (Fsp3) is 0. The monoisotopic (exact) mass is 620 g/mol. The second kappa shape index (κ2) is 13.3. The third-order valence-electron chi connectivity index (χ3n) is 6.12. The molecule has 14 heteroatoms. The molecule has 5 aromatic rings. The van der Waals surface area contributed by atoms with Gasteiger partial charge in [-0.3, -0.25) is 9.59 Å². The van der Waals surface area contributed by atoms with Crippen molar-refractivity contribution in [2.24, 2.45) is 0 Å². The molecular formula is C28H18N2Na2O8S2. The molecule has 0 aliphatic rings. The number of carbonyl (C=O) groups is 2. The van der Waals surface area contributed by atoms with Crippen molar-refractivity contribution in [2.75, 3.05) is 10.6 Å². The predicted octanol–water partition coefficient (Wildman–Crippen LogP) is -1.69. The van der Waals surface area contributed by atoms with Crippen molar-refractivity contribution >= 4 is 65.0 Å². The van der Waals surface area contributed by atoms with E-state index in [2.05, 4.69) is 10.6 Å². The molecule has 0 bridgehead atoms. The van der Waals surface area contributed by atoms with Crippen LogP contribution in [0.5, 0.6) is 0 Å². The van der Waals surface area contributed by atoms with E-state index in [0.29, 0.717) is 22.1 Å². The average Bonchev–Trinajstić information content (AvgIpc) is 2.91. The van der Waals surface area contributed by atoms with Crippen molar-refractivity contribution in [3.05, 3.63) is 108 Å². The minimum absolute atomic E-state index is 0. The van der Waals surface area contributed by atoms with E-state index >= 15 is 0 Å². The zero-order chi connectivity index (χ0) is 28.7. The molecule has 202 valence electrons. The van der Waals surface area contributed by atoms with Crippen LogP contribution in [-0.2, 0) is 20.2 Å². The first-order valence-electron chi connectivity index (χ1n) is 11.6. The summed E-state index contributed by atoms with van der Waals surface area (Å²) >= 11 is 0. The Labute approximate surface area is 285 Å². The summed E-state index contributed by atoms with van der Waals surface area (Å²) in [5, 5.41) is 6.72. The van der Waals surface area contributed by atoms with Crippen LogP contribution in [0.2, 0.25) is 0 Å². The van der Waals surface area contributed by atoms with Crippen LogP contribution in [-0.4, -0.2) is 37.8 Å². The molecule has 0 heterocycles. The number of hydrogen-bond acceptors (Lipinski definition) is 8. The van der Waals surface area contributed by atoms with Crippen LogP contribution in [0, 0.1) is 0 Å². The van der Waals surface area contributed by atoms with Gasteiger partial charge in [0.15, 0.2) is 0 Å². The maximum absolute atomic E-state index is 12.9. The summed E-state index contributed by atoms with van der Waals surface area (Å²) in [6.07, 6.45) is 0. The van der Waals surface area contributed by atoms with E-state index in [1.807, 2.05) is 0 Å². The number of nitrogens with one attached hydrogen (secondary N) is 2. The minimum atomic E-state index is -4.67. The van der Waals surface area contributed by atoms with Crippen molar-refractivity contribution < 1.29 is 94.6 Å². The largest absolute Gasteiger partial charge is 1.00 e. The van der Waals surface area contributed by atoms with Gasteiger partial charge in [-0.25, -0.2) is 16.8 Å². The van der Waals surface area contributed by atoms with E-state index in [-0.39, 0.29) is 90.8 Å². The molecule has 0 saturated heterocycles. The topological polar surface area (TPSA) is 173 Å². The smallest absolute Gasteiger partial charge is 0.744 e. The Hall–Kier alpha value is -2.62. The molecule has 0 aliphatic carbocycles. The molecule has 5 rings (SSSR count). The molecular weight excluding hydrogens is 602 g/mol. The van der Waals surface area contributed by atoms with Gasteiger partial charge in [-0.15, -0.1) is 0 Å². The molecule has 0 radical (unpaired) electrons. The Morgan fingerprint density at radius 1 is 0.524 bits per heavy atom. The Balaban J connectivity index is 0.00000242. The van der Waals surface area contributed by atoms with Gasteiger partial charge < -0.3 is 19.7 Å². The zero-order valence-corrected chi connectivity index (χ0v) is 28.0. The van der Waals surface area contributed by atoms with Crippen molar-refractivity contribution in [1.82, 2.24) is 0 Å². The van der Waals surface area contributed by atoms with Gasteiger partial charge >= 0.3 is 59.1 Å². The summed E-state index contributed by atoms with van der Waals surface area (Å²) in [4.78, 5) is 25.1. The number of benzene rings is 5. The maximum Gasteiger partial charge on any atom is 1.00 e. The van der Waals surface area contributed by atoms with Gasteiger partial charge in [0.2, 0.25) is 0 Å². The Morgan fingerprint density at radius 2 is 0.905 bits per heavy atom. The van der Waals surface area contributed by atoms with Crippen LogP contribution in [0.3, 0.4) is 0 Å². The van der Waals surface area contributed by atoms with E-state index < -0.39 is 32.1 Å². The summed E-state index contributed by atoms with van der Waals surface area (Å²) in [5.41, 5.74) is 1.05. The first-order valence-corrected chi connectivity index (χ1v) is 14.4. The molecule has 2 amide bonds. The van der Waals surface area contributed by atoms with Gasteiger partial charge in [0.1, 0.15) is 20.2 Å². The second-order valence-electron chi connectivity index (χ2n) is 8.78. The Morgan fingerprint density at radius 3 is 1.29 bits per heavy atom. The third-order valence-corrected chi connectivity index (χ3v) is 7.91. The van der Waals surface area contributed by atoms with Gasteiger partial charge in [0, 0.05) is 22.5 Å². The van der Waals surface area contributed by atoms with E-state index in [4.69, 9.17) is 0 Å². The molecule has 0 atom stereocenters. The zero-order valence-electron chi connectivity index (χ0n) is 22.3. The van der Waals surface area contributed by atoms with E-state index in [1.165, 1.54) is 84.9 Å². The van der Waals surface area contributed by atoms with Crippen molar-refractivity contribution in [1.29, 1.82) is 0 Å². The fourth-order valence-corrected chi connectivity index (χ4v) is 5.71. The Kier molecular flexibility index (Phi) is 10.8. The number of anilines is 2. The summed E-state index contributed by atoms with van der Waals surface area (Å²) in [7, 11) is -9.35. The molecule has 0 saturated carbocycles. The van der Waals surface area contributed by atoms with Crippen molar-refractivity contribution in [3.8, 4) is 0 Å². The standard InChI is InChI=1S/C28H20N2O8S2.2Na/c31-27(29-21-10-12-23-17(15-21)4-2-8-25(23)39(33,34)35)19-6-1-7-20(14-19)28(32)30-22-11-13-24-18(16-22)5-3-9-26(24)40(36,37)38;;/h1-16H,(H,29,31)(H,30,32)(H,33,34,35)(H,36,37,38);;/q;2*+1/p-2. The second-order valence-corrected chi connectivity index (χ2v) is 11.5. The Bertz CT molecular complexity index is 1920. The van der Waals surface area contributed by atoms with Gasteiger partial charge in [-0.2, -0.15) is 0 Å². The number of amides is 2. The SMILES string of the molecule is O=C(Nc1ccc2c(S(=O)(=O)[O-])cccc2c1)c1cccc(C(=O)Nc2ccc3c(S(=O)(=O)[O-])cccc3c2)c1.[Na+].[Na+]. The van der Waals surface area contributed by atoms with Crippen LogP contribution < -0.4 is 69.7 Å². The molecule has 0 aliphatic heterocycles. The molecule has 0 spiro atoms. The fourth-order valence-electron chi connectivity index (χ4n) is 4.31. The van der Waals surface area contributed by atoms with E-state index in [0.717, 1.165) is 0 Å². The molecule has 5 aromatic carbocycles. The van der Waals surface area contributed by atoms with E-state index in [9.17, 15) is 35.5 Å². The van der Waals surface area contributed by atoms with Gasteiger partial charge in [0.25, 0.3) is 11.8 Å². The van der Waals surface area contributed by atoms with E-state index in [1.54, 1.807) is 12.1 Å². The van der Waals surface area contributed by atoms with Crippen LogP contribution in [0.25, 0.3) is 21.5 Å². The first-order chi connectivity index (χ1) is 18.9. The average molecular weight is 621 g/mol. The van der Waals surface area contributed by atoms with Crippen molar-refractivity contribution in [2.45, 2.75) is 9.79 Å². The third kappa shape index (κ3) is 7.47. The summed E-state index contributed by atoms with van der Waals surface area (Å²) in [6, 6.07) is 23.3.